The van der Waals surface area contributed by atoms with E-state index in [1.807, 2.05) is 0 Å². The molecule has 0 saturated carbocycles. The van der Waals surface area contributed by atoms with Crippen molar-refractivity contribution in [2.45, 2.75) is 19.9 Å². The molecule has 2 rings (SSSR count). The second-order valence-electron chi connectivity index (χ2n) is 3.95. The molecule has 1 unspecified atom stereocenters. The fourth-order valence-corrected chi connectivity index (χ4v) is 1.90. The molecule has 0 aliphatic carbocycles. The lowest BCUT2D eigenvalue weighted by Crippen LogP contribution is -2.37. The fraction of sp³-hybridized carbons (Fsp3) is 0.455. The summed E-state index contributed by atoms with van der Waals surface area (Å²) in [5.74, 6) is 0. The normalized spacial score (nSPS) is 20.8. The summed E-state index contributed by atoms with van der Waals surface area (Å²) in [6.07, 6.45) is 0. The van der Waals surface area contributed by atoms with Crippen LogP contribution < -0.4 is 10.2 Å². The lowest BCUT2D eigenvalue weighted by Gasteiger charge is -2.33. The zero-order chi connectivity index (χ0) is 9.42. The zero-order valence-corrected chi connectivity index (χ0v) is 8.46. The number of likely N-dealkylation sites (N-methyl/N-ethyl adjacent to an activating group) is 1. The molecular formula is C11H16N2. The van der Waals surface area contributed by atoms with Crippen LogP contribution in [0.3, 0.4) is 0 Å². The van der Waals surface area contributed by atoms with Crippen LogP contribution in [0, 0.1) is 6.92 Å². The van der Waals surface area contributed by atoms with E-state index in [1.165, 1.54) is 16.9 Å². The van der Waals surface area contributed by atoms with E-state index in [-0.39, 0.29) is 0 Å². The molecule has 1 N–H and O–H groups in total. The Kier molecular flexibility index (Phi) is 1.91. The molecule has 0 radical (unpaired) electrons. The van der Waals surface area contributed by atoms with Crippen LogP contribution in [0.25, 0.3) is 0 Å². The van der Waals surface area contributed by atoms with Gasteiger partial charge in [-0.2, -0.15) is 0 Å². The maximum atomic E-state index is 3.48. The Morgan fingerprint density at radius 2 is 2.23 bits per heavy atom. The second-order valence-corrected chi connectivity index (χ2v) is 3.95. The van der Waals surface area contributed by atoms with Crippen molar-refractivity contribution in [3.05, 3.63) is 23.8 Å². The Balaban J connectivity index is 2.43. The first kappa shape index (κ1) is 8.42. The van der Waals surface area contributed by atoms with Gasteiger partial charge in [0, 0.05) is 19.6 Å². The number of fused-ring (bicyclic) bond motifs is 1. The third-order valence-corrected chi connectivity index (χ3v) is 2.51. The van der Waals surface area contributed by atoms with E-state index in [0.717, 1.165) is 6.54 Å². The number of benzene rings is 1. The highest BCUT2D eigenvalue weighted by Gasteiger charge is 2.17. The van der Waals surface area contributed by atoms with E-state index in [9.17, 15) is 0 Å². The average molecular weight is 176 g/mol. The van der Waals surface area contributed by atoms with Crippen LogP contribution in [0.1, 0.15) is 12.5 Å². The Hall–Kier alpha value is -1.18. The minimum Gasteiger partial charge on any atom is -0.379 e. The summed E-state index contributed by atoms with van der Waals surface area (Å²) in [6, 6.07) is 7.09. The molecule has 0 amide bonds. The van der Waals surface area contributed by atoms with Crippen LogP contribution in [0.4, 0.5) is 11.4 Å². The number of aryl methyl sites for hydroxylation is 1. The predicted molar refractivity (Wildman–Crippen MR) is 57.5 cm³/mol. The maximum absolute atomic E-state index is 3.48. The van der Waals surface area contributed by atoms with Gasteiger partial charge in [0.2, 0.25) is 0 Å². The number of anilines is 2. The van der Waals surface area contributed by atoms with Gasteiger partial charge in [-0.15, -0.1) is 0 Å². The molecule has 1 aromatic rings. The molecule has 13 heavy (non-hydrogen) atoms. The van der Waals surface area contributed by atoms with Crippen molar-refractivity contribution in [1.82, 2.24) is 0 Å². The molecule has 0 fully saturated rings. The molecule has 1 aliphatic rings. The minimum absolute atomic E-state index is 0.542. The molecule has 0 bridgehead atoms. The first-order valence-corrected chi connectivity index (χ1v) is 4.75. The molecule has 2 heteroatoms. The van der Waals surface area contributed by atoms with Crippen LogP contribution in [-0.2, 0) is 0 Å². The number of rotatable bonds is 0. The third kappa shape index (κ3) is 1.48. The molecule has 1 atom stereocenters. The van der Waals surface area contributed by atoms with Crippen molar-refractivity contribution in [2.24, 2.45) is 0 Å². The summed E-state index contributed by atoms with van der Waals surface area (Å²) in [4.78, 5) is 2.31. The smallest absolute Gasteiger partial charge is 0.0602 e. The highest BCUT2D eigenvalue weighted by atomic mass is 15.2. The van der Waals surface area contributed by atoms with Gasteiger partial charge in [0.25, 0.3) is 0 Å². The number of nitrogens with zero attached hydrogens (tertiary/aromatic N) is 1. The lowest BCUT2D eigenvalue weighted by molar-refractivity contribution is 0.737. The predicted octanol–water partition coefficient (Wildman–Crippen LogP) is 2.25. The summed E-state index contributed by atoms with van der Waals surface area (Å²) < 4.78 is 0. The minimum atomic E-state index is 0.542. The molecule has 70 valence electrons. The topological polar surface area (TPSA) is 15.3 Å². The summed E-state index contributed by atoms with van der Waals surface area (Å²) in [5, 5.41) is 3.48. The van der Waals surface area contributed by atoms with Gasteiger partial charge in [0.05, 0.1) is 11.4 Å². The summed E-state index contributed by atoms with van der Waals surface area (Å²) in [6.45, 7) is 5.42. The van der Waals surface area contributed by atoms with E-state index in [1.54, 1.807) is 0 Å². The van der Waals surface area contributed by atoms with Gasteiger partial charge < -0.3 is 10.2 Å². The van der Waals surface area contributed by atoms with Gasteiger partial charge in [-0.05, 0) is 31.5 Å². The average Bonchev–Trinajstić information content (AvgIpc) is 2.06. The molecule has 0 aromatic heterocycles. The summed E-state index contributed by atoms with van der Waals surface area (Å²) in [7, 11) is 2.15. The highest BCUT2D eigenvalue weighted by molar-refractivity contribution is 5.73. The van der Waals surface area contributed by atoms with Crippen molar-refractivity contribution < 1.29 is 0 Å². The first-order valence-electron chi connectivity index (χ1n) is 4.75. The zero-order valence-electron chi connectivity index (χ0n) is 8.46. The van der Waals surface area contributed by atoms with E-state index < -0.39 is 0 Å². The van der Waals surface area contributed by atoms with Crippen molar-refractivity contribution in [3.8, 4) is 0 Å². The lowest BCUT2D eigenvalue weighted by atomic mass is 10.1. The van der Waals surface area contributed by atoms with E-state index in [0.29, 0.717) is 6.04 Å². The largest absolute Gasteiger partial charge is 0.379 e. The van der Waals surface area contributed by atoms with E-state index in [4.69, 9.17) is 0 Å². The summed E-state index contributed by atoms with van der Waals surface area (Å²) in [5.41, 5.74) is 3.90. The van der Waals surface area contributed by atoms with Crippen LogP contribution >= 0.6 is 0 Å². The molecular weight excluding hydrogens is 160 g/mol. The second kappa shape index (κ2) is 2.95. The standard InChI is InChI=1S/C11H16N2/c1-8-4-5-10-11(6-8)13(3)7-9(2)12-10/h4-6,9,12H,7H2,1-3H3. The van der Waals surface area contributed by atoms with E-state index >= 15 is 0 Å². The Morgan fingerprint density at radius 3 is 3.00 bits per heavy atom. The summed E-state index contributed by atoms with van der Waals surface area (Å²) >= 11 is 0. The first-order chi connectivity index (χ1) is 6.16. The van der Waals surface area contributed by atoms with Gasteiger partial charge in [-0.1, -0.05) is 6.07 Å². The Bertz CT molecular complexity index is 320. The fourth-order valence-electron chi connectivity index (χ4n) is 1.90. The van der Waals surface area contributed by atoms with Gasteiger partial charge in [0.1, 0.15) is 0 Å². The van der Waals surface area contributed by atoms with Gasteiger partial charge in [-0.3, -0.25) is 0 Å². The number of hydrogen-bond acceptors (Lipinski definition) is 2. The number of hydrogen-bond donors (Lipinski definition) is 1. The Labute approximate surface area is 79.6 Å². The van der Waals surface area contributed by atoms with Gasteiger partial charge >= 0.3 is 0 Å². The highest BCUT2D eigenvalue weighted by Crippen LogP contribution is 2.30. The van der Waals surface area contributed by atoms with E-state index in [2.05, 4.69) is 49.3 Å². The van der Waals surface area contributed by atoms with Gasteiger partial charge in [-0.25, -0.2) is 0 Å². The monoisotopic (exact) mass is 176 g/mol. The van der Waals surface area contributed by atoms with Crippen LogP contribution in [0.2, 0.25) is 0 Å². The third-order valence-electron chi connectivity index (χ3n) is 2.51. The molecule has 0 saturated heterocycles. The van der Waals surface area contributed by atoms with Crippen LogP contribution in [-0.4, -0.2) is 19.6 Å². The van der Waals surface area contributed by atoms with Crippen molar-refractivity contribution in [2.75, 3.05) is 23.8 Å². The van der Waals surface area contributed by atoms with Crippen molar-refractivity contribution in [1.29, 1.82) is 0 Å². The maximum Gasteiger partial charge on any atom is 0.0602 e. The SMILES string of the molecule is Cc1ccc2c(c1)N(C)CC(C)N2. The van der Waals surface area contributed by atoms with Crippen LogP contribution in [0.15, 0.2) is 18.2 Å². The van der Waals surface area contributed by atoms with Gasteiger partial charge in [0.15, 0.2) is 0 Å². The molecule has 1 heterocycles. The van der Waals surface area contributed by atoms with Crippen LogP contribution in [0.5, 0.6) is 0 Å². The molecule has 0 spiro atoms. The Morgan fingerprint density at radius 1 is 1.46 bits per heavy atom. The number of nitrogens with one attached hydrogen (secondary N) is 1. The quantitative estimate of drug-likeness (QED) is 0.652. The van der Waals surface area contributed by atoms with Crippen molar-refractivity contribution >= 4 is 11.4 Å². The molecule has 2 nitrogen and oxygen atoms in total. The van der Waals surface area contributed by atoms with Crippen molar-refractivity contribution in [3.63, 3.8) is 0 Å². The molecule has 1 aromatic carbocycles. The molecule has 1 aliphatic heterocycles.